The van der Waals surface area contributed by atoms with Crippen molar-refractivity contribution in [2.75, 3.05) is 5.32 Å². The zero-order chi connectivity index (χ0) is 17.5. The van der Waals surface area contributed by atoms with Gasteiger partial charge in [-0.05, 0) is 35.7 Å². The number of hydrogen-bond donors (Lipinski definition) is 1. The molecule has 1 amide bonds. The Morgan fingerprint density at radius 1 is 0.846 bits per heavy atom. The summed E-state index contributed by atoms with van der Waals surface area (Å²) in [6, 6.07) is 17.8. The molecule has 2 aromatic carbocycles. The molecule has 0 bridgehead atoms. The molecule has 0 spiro atoms. The molecule has 5 aromatic rings. The number of para-hydroxylation sites is 2. The molecule has 0 atom stereocenters. The molecule has 4 nitrogen and oxygen atoms in total. The maximum absolute atomic E-state index is 12.7. The van der Waals surface area contributed by atoms with Crippen molar-refractivity contribution in [3.63, 3.8) is 0 Å². The van der Waals surface area contributed by atoms with Crippen LogP contribution in [0.4, 0.5) is 5.00 Å². The maximum Gasteiger partial charge on any atom is 0.285 e. The highest BCUT2D eigenvalue weighted by atomic mass is 32.1. The van der Waals surface area contributed by atoms with E-state index in [0.717, 1.165) is 36.0 Å². The molecular weight excluding hydrogens is 382 g/mol. The minimum Gasteiger partial charge on any atom is -0.311 e. The number of aromatic nitrogens is 2. The number of thiazole rings is 2. The van der Waals surface area contributed by atoms with E-state index in [1.165, 1.54) is 22.7 Å². The fourth-order valence-corrected chi connectivity index (χ4v) is 5.39. The van der Waals surface area contributed by atoms with Crippen molar-refractivity contribution in [1.29, 1.82) is 0 Å². The Bertz CT molecular complexity index is 1190. The van der Waals surface area contributed by atoms with E-state index in [9.17, 15) is 4.79 Å². The normalized spacial score (nSPS) is 11.2. The highest BCUT2D eigenvalue weighted by molar-refractivity contribution is 7.22. The number of benzene rings is 2. The molecule has 26 heavy (non-hydrogen) atoms. The van der Waals surface area contributed by atoms with Crippen molar-refractivity contribution in [3.8, 4) is 10.6 Å². The van der Waals surface area contributed by atoms with Crippen molar-refractivity contribution >= 4 is 65.4 Å². The van der Waals surface area contributed by atoms with Gasteiger partial charge in [0.15, 0.2) is 5.01 Å². The van der Waals surface area contributed by atoms with Crippen LogP contribution in [0.3, 0.4) is 0 Å². The molecule has 3 heterocycles. The van der Waals surface area contributed by atoms with Gasteiger partial charge in [0.05, 0.1) is 20.4 Å². The van der Waals surface area contributed by atoms with Gasteiger partial charge < -0.3 is 5.32 Å². The van der Waals surface area contributed by atoms with Crippen LogP contribution in [0.25, 0.3) is 31.0 Å². The highest BCUT2D eigenvalue weighted by Gasteiger charge is 2.17. The van der Waals surface area contributed by atoms with Crippen molar-refractivity contribution < 1.29 is 4.79 Å². The Kier molecular flexibility index (Phi) is 3.77. The zero-order valence-electron chi connectivity index (χ0n) is 13.3. The average Bonchev–Trinajstić information content (AvgIpc) is 3.38. The number of thiophene rings is 1. The molecule has 0 aliphatic heterocycles. The SMILES string of the molecule is O=C(Nc1sccc1-c1nc2ccccc2s1)c1nc2ccccc2s1. The van der Waals surface area contributed by atoms with Crippen LogP contribution < -0.4 is 5.32 Å². The van der Waals surface area contributed by atoms with E-state index in [1.54, 1.807) is 11.3 Å². The molecule has 0 saturated carbocycles. The summed E-state index contributed by atoms with van der Waals surface area (Å²) in [5, 5.41) is 7.15. The predicted octanol–water partition coefficient (Wildman–Crippen LogP) is 5.89. The quantitative estimate of drug-likeness (QED) is 0.416. The van der Waals surface area contributed by atoms with Crippen LogP contribution in [-0.4, -0.2) is 15.9 Å². The first kappa shape index (κ1) is 15.6. The van der Waals surface area contributed by atoms with Crippen molar-refractivity contribution in [2.24, 2.45) is 0 Å². The Morgan fingerprint density at radius 2 is 1.54 bits per heavy atom. The summed E-state index contributed by atoms with van der Waals surface area (Å²) in [6.07, 6.45) is 0. The van der Waals surface area contributed by atoms with E-state index in [-0.39, 0.29) is 5.91 Å². The molecule has 0 fully saturated rings. The zero-order valence-corrected chi connectivity index (χ0v) is 15.8. The van der Waals surface area contributed by atoms with E-state index in [1.807, 2.05) is 53.9 Å². The van der Waals surface area contributed by atoms with Gasteiger partial charge >= 0.3 is 0 Å². The molecule has 0 aliphatic carbocycles. The van der Waals surface area contributed by atoms with Gasteiger partial charge in [0.1, 0.15) is 10.0 Å². The predicted molar refractivity (Wildman–Crippen MR) is 111 cm³/mol. The Balaban J connectivity index is 1.48. The monoisotopic (exact) mass is 393 g/mol. The second kappa shape index (κ2) is 6.28. The lowest BCUT2D eigenvalue weighted by Gasteiger charge is -2.02. The number of carbonyl (C=O) groups excluding carboxylic acids is 1. The molecule has 126 valence electrons. The minimum absolute atomic E-state index is 0.184. The van der Waals surface area contributed by atoms with Gasteiger partial charge in [-0.2, -0.15) is 0 Å². The van der Waals surface area contributed by atoms with Gasteiger partial charge in [-0.15, -0.1) is 34.0 Å². The van der Waals surface area contributed by atoms with Gasteiger partial charge in [-0.25, -0.2) is 9.97 Å². The molecule has 3 aromatic heterocycles. The summed E-state index contributed by atoms with van der Waals surface area (Å²) in [5.41, 5.74) is 2.77. The first-order valence-electron chi connectivity index (χ1n) is 7.88. The highest BCUT2D eigenvalue weighted by Crippen LogP contribution is 2.38. The number of nitrogens with zero attached hydrogens (tertiary/aromatic N) is 2. The van der Waals surface area contributed by atoms with Crippen LogP contribution in [-0.2, 0) is 0 Å². The third kappa shape index (κ3) is 2.70. The van der Waals surface area contributed by atoms with Gasteiger partial charge in [-0.1, -0.05) is 24.3 Å². The Hall–Kier alpha value is -2.61. The van der Waals surface area contributed by atoms with Crippen LogP contribution in [0.2, 0.25) is 0 Å². The van der Waals surface area contributed by atoms with Crippen molar-refractivity contribution in [2.45, 2.75) is 0 Å². The second-order valence-electron chi connectivity index (χ2n) is 5.59. The molecule has 0 saturated heterocycles. The van der Waals surface area contributed by atoms with Gasteiger partial charge in [0.25, 0.3) is 5.91 Å². The molecule has 0 radical (unpaired) electrons. The molecule has 0 unspecified atom stereocenters. The molecular formula is C19H11N3OS3. The summed E-state index contributed by atoms with van der Waals surface area (Å²) in [7, 11) is 0. The summed E-state index contributed by atoms with van der Waals surface area (Å²) in [5.74, 6) is -0.184. The van der Waals surface area contributed by atoms with E-state index in [0.29, 0.717) is 5.01 Å². The summed E-state index contributed by atoms with van der Waals surface area (Å²) in [6.45, 7) is 0. The summed E-state index contributed by atoms with van der Waals surface area (Å²) in [4.78, 5) is 21.8. The van der Waals surface area contributed by atoms with Crippen molar-refractivity contribution in [3.05, 3.63) is 65.0 Å². The second-order valence-corrected chi connectivity index (χ2v) is 8.57. The lowest BCUT2D eigenvalue weighted by atomic mass is 10.3. The van der Waals surface area contributed by atoms with Crippen LogP contribution >= 0.6 is 34.0 Å². The Morgan fingerprint density at radius 3 is 2.27 bits per heavy atom. The van der Waals surface area contributed by atoms with E-state index in [2.05, 4.69) is 16.4 Å². The third-order valence-electron chi connectivity index (χ3n) is 3.90. The molecule has 1 N–H and O–H groups in total. The number of nitrogens with one attached hydrogen (secondary N) is 1. The van der Waals surface area contributed by atoms with Gasteiger partial charge in [0.2, 0.25) is 0 Å². The van der Waals surface area contributed by atoms with E-state index >= 15 is 0 Å². The lowest BCUT2D eigenvalue weighted by Crippen LogP contribution is -2.10. The smallest absolute Gasteiger partial charge is 0.285 e. The maximum atomic E-state index is 12.7. The molecule has 7 heteroatoms. The van der Waals surface area contributed by atoms with Gasteiger partial charge in [0, 0.05) is 5.56 Å². The number of hydrogen-bond acceptors (Lipinski definition) is 6. The van der Waals surface area contributed by atoms with Crippen LogP contribution in [0.5, 0.6) is 0 Å². The Labute approximate surface area is 160 Å². The fourth-order valence-electron chi connectivity index (χ4n) is 2.69. The number of rotatable bonds is 3. The minimum atomic E-state index is -0.184. The number of carbonyl (C=O) groups is 1. The number of amides is 1. The number of fused-ring (bicyclic) bond motifs is 2. The van der Waals surface area contributed by atoms with Crippen LogP contribution in [0, 0.1) is 0 Å². The van der Waals surface area contributed by atoms with Gasteiger partial charge in [-0.3, -0.25) is 4.79 Å². The van der Waals surface area contributed by atoms with E-state index in [4.69, 9.17) is 4.98 Å². The first-order valence-corrected chi connectivity index (χ1v) is 10.4. The number of anilines is 1. The standard InChI is InChI=1S/C19H11N3OS3/c23-16(19-21-13-6-2-4-8-15(13)26-19)22-17-11(9-10-24-17)18-20-12-5-1-3-7-14(12)25-18/h1-10H,(H,22,23). The van der Waals surface area contributed by atoms with E-state index < -0.39 is 0 Å². The molecule has 5 rings (SSSR count). The average molecular weight is 394 g/mol. The van der Waals surface area contributed by atoms with Crippen LogP contribution in [0.1, 0.15) is 9.80 Å². The van der Waals surface area contributed by atoms with Crippen molar-refractivity contribution in [1.82, 2.24) is 9.97 Å². The summed E-state index contributed by atoms with van der Waals surface area (Å²) >= 11 is 4.52. The summed E-state index contributed by atoms with van der Waals surface area (Å²) < 4.78 is 2.15. The molecule has 0 aliphatic rings. The third-order valence-corrected chi connectivity index (χ3v) is 6.84. The largest absolute Gasteiger partial charge is 0.311 e. The lowest BCUT2D eigenvalue weighted by molar-refractivity contribution is 0.102. The topological polar surface area (TPSA) is 54.9 Å². The van der Waals surface area contributed by atoms with Crippen LogP contribution in [0.15, 0.2) is 60.0 Å². The first-order chi connectivity index (χ1) is 12.8. The fraction of sp³-hybridized carbons (Fsp3) is 0.